The van der Waals surface area contributed by atoms with Crippen LogP contribution in [0.25, 0.3) is 0 Å². The fourth-order valence-corrected chi connectivity index (χ4v) is 2.17. The first-order valence-electron chi connectivity index (χ1n) is 4.68. The van der Waals surface area contributed by atoms with Gasteiger partial charge in [0.15, 0.2) is 0 Å². The van der Waals surface area contributed by atoms with Gasteiger partial charge in [0.25, 0.3) is 0 Å². The van der Waals surface area contributed by atoms with Crippen LogP contribution in [-0.4, -0.2) is 6.61 Å². The van der Waals surface area contributed by atoms with Crippen molar-refractivity contribution in [2.75, 3.05) is 6.61 Å². The first-order chi connectivity index (χ1) is 7.22. The molecule has 0 amide bonds. The van der Waals surface area contributed by atoms with Gasteiger partial charge in [-0.05, 0) is 24.6 Å². The molecule has 2 atom stereocenters. The topological polar surface area (TPSA) is 33.0 Å². The van der Waals surface area contributed by atoms with Gasteiger partial charge < -0.3 is 4.74 Å². The average Bonchev–Trinajstić information content (AvgIpc) is 2.69. The zero-order valence-corrected chi connectivity index (χ0v) is 9.42. The molecule has 1 aromatic carbocycles. The number of halogens is 2. The summed E-state index contributed by atoms with van der Waals surface area (Å²) in [5.74, 6) is -0.124. The lowest BCUT2D eigenvalue weighted by atomic mass is 9.97. The van der Waals surface area contributed by atoms with Crippen molar-refractivity contribution in [1.29, 1.82) is 5.26 Å². The minimum atomic E-state index is -0.235. The Kier molecular flexibility index (Phi) is 3.16. The first kappa shape index (κ1) is 10.8. The van der Waals surface area contributed by atoms with Gasteiger partial charge >= 0.3 is 0 Å². The molecule has 2 unspecified atom stereocenters. The van der Waals surface area contributed by atoms with Gasteiger partial charge in [-0.2, -0.15) is 5.26 Å². The van der Waals surface area contributed by atoms with Crippen molar-refractivity contribution in [3.8, 4) is 6.07 Å². The van der Waals surface area contributed by atoms with E-state index in [1.54, 1.807) is 18.2 Å². The van der Waals surface area contributed by atoms with E-state index >= 15 is 0 Å². The first-order valence-corrected chi connectivity index (χ1v) is 5.44. The Morgan fingerprint density at radius 1 is 1.40 bits per heavy atom. The van der Waals surface area contributed by atoms with E-state index in [1.165, 1.54) is 0 Å². The molecule has 0 aromatic heterocycles. The summed E-state index contributed by atoms with van der Waals surface area (Å²) >= 11 is 11.9. The van der Waals surface area contributed by atoms with Gasteiger partial charge in [0, 0.05) is 22.2 Å². The summed E-state index contributed by atoms with van der Waals surface area (Å²) in [6, 6.07) is 7.46. The normalized spacial score (nSPS) is 25.1. The largest absolute Gasteiger partial charge is 0.372 e. The van der Waals surface area contributed by atoms with Crippen LogP contribution in [0.5, 0.6) is 0 Å². The van der Waals surface area contributed by atoms with Crippen LogP contribution in [0.1, 0.15) is 18.1 Å². The molecule has 4 heteroatoms. The van der Waals surface area contributed by atoms with Gasteiger partial charge in [0.1, 0.15) is 0 Å². The highest BCUT2D eigenvalue weighted by molar-refractivity contribution is 6.33. The molecule has 2 nitrogen and oxygen atoms in total. The van der Waals surface area contributed by atoms with Crippen LogP contribution >= 0.6 is 23.2 Å². The van der Waals surface area contributed by atoms with E-state index in [0.717, 1.165) is 12.0 Å². The smallest absolute Gasteiger partial charge is 0.0998 e. The number of hydrogen-bond acceptors (Lipinski definition) is 2. The Balaban J connectivity index is 2.36. The minimum absolute atomic E-state index is 0.124. The third-order valence-electron chi connectivity index (χ3n) is 2.52. The lowest BCUT2D eigenvalue weighted by Gasteiger charge is -2.14. The van der Waals surface area contributed by atoms with Gasteiger partial charge in [-0.25, -0.2) is 0 Å². The van der Waals surface area contributed by atoms with Crippen molar-refractivity contribution >= 4 is 23.2 Å². The quantitative estimate of drug-likeness (QED) is 0.753. The molecule has 1 saturated heterocycles. The van der Waals surface area contributed by atoms with E-state index in [-0.39, 0.29) is 12.0 Å². The Morgan fingerprint density at radius 3 is 2.93 bits per heavy atom. The molecular formula is C11H9Cl2NO. The SMILES string of the molecule is N#CC1CCOC1c1cc(Cl)ccc1Cl. The molecule has 15 heavy (non-hydrogen) atoms. The third kappa shape index (κ3) is 2.10. The Bertz CT molecular complexity index is 414. The van der Waals surface area contributed by atoms with Gasteiger partial charge in [-0.3, -0.25) is 0 Å². The van der Waals surface area contributed by atoms with E-state index in [4.69, 9.17) is 33.2 Å². The summed E-state index contributed by atoms with van der Waals surface area (Å²) in [5.41, 5.74) is 0.813. The second-order valence-electron chi connectivity index (χ2n) is 3.48. The number of nitrogens with zero attached hydrogens (tertiary/aromatic N) is 1. The summed E-state index contributed by atoms with van der Waals surface area (Å²) in [7, 11) is 0. The lowest BCUT2D eigenvalue weighted by molar-refractivity contribution is 0.101. The molecule has 1 aromatic rings. The van der Waals surface area contributed by atoms with Crippen molar-refractivity contribution in [3.63, 3.8) is 0 Å². The van der Waals surface area contributed by atoms with Crippen LogP contribution in [0.3, 0.4) is 0 Å². The summed E-state index contributed by atoms with van der Waals surface area (Å²) < 4.78 is 5.51. The van der Waals surface area contributed by atoms with Gasteiger partial charge in [-0.1, -0.05) is 23.2 Å². The molecule has 1 fully saturated rings. The summed E-state index contributed by atoms with van der Waals surface area (Å²) in [5, 5.41) is 10.2. The lowest BCUT2D eigenvalue weighted by Crippen LogP contribution is -2.05. The number of hydrogen-bond donors (Lipinski definition) is 0. The molecule has 0 radical (unpaired) electrons. The van der Waals surface area contributed by atoms with Gasteiger partial charge in [0.05, 0.1) is 18.1 Å². The van der Waals surface area contributed by atoms with E-state index in [9.17, 15) is 0 Å². The third-order valence-corrected chi connectivity index (χ3v) is 3.10. The van der Waals surface area contributed by atoms with Crippen molar-refractivity contribution < 1.29 is 4.74 Å². The minimum Gasteiger partial charge on any atom is -0.372 e. The molecule has 1 aliphatic heterocycles. The molecule has 1 aliphatic rings. The Labute approximate surface area is 98.4 Å². The molecule has 0 spiro atoms. The maximum atomic E-state index is 8.95. The van der Waals surface area contributed by atoms with Gasteiger partial charge in [-0.15, -0.1) is 0 Å². The van der Waals surface area contributed by atoms with Crippen molar-refractivity contribution in [2.45, 2.75) is 12.5 Å². The average molecular weight is 242 g/mol. The highest BCUT2D eigenvalue weighted by Crippen LogP contribution is 2.38. The van der Waals surface area contributed by atoms with E-state index in [0.29, 0.717) is 16.7 Å². The van der Waals surface area contributed by atoms with E-state index in [1.807, 2.05) is 0 Å². The molecular weight excluding hydrogens is 233 g/mol. The highest BCUT2D eigenvalue weighted by atomic mass is 35.5. The zero-order valence-electron chi connectivity index (χ0n) is 7.91. The van der Waals surface area contributed by atoms with Crippen LogP contribution in [-0.2, 0) is 4.74 Å². The van der Waals surface area contributed by atoms with Crippen molar-refractivity contribution in [2.24, 2.45) is 5.92 Å². The molecule has 0 aliphatic carbocycles. The number of nitriles is 1. The summed E-state index contributed by atoms with van der Waals surface area (Å²) in [4.78, 5) is 0. The molecule has 0 bridgehead atoms. The highest BCUT2D eigenvalue weighted by Gasteiger charge is 2.31. The van der Waals surface area contributed by atoms with E-state index < -0.39 is 0 Å². The summed E-state index contributed by atoms with van der Waals surface area (Å²) in [6.07, 6.45) is 0.519. The van der Waals surface area contributed by atoms with Crippen LogP contribution in [0, 0.1) is 17.2 Å². The standard InChI is InChI=1S/C11H9Cl2NO/c12-8-1-2-10(13)9(5-8)11-7(6-14)3-4-15-11/h1-2,5,7,11H,3-4H2. The molecule has 0 N–H and O–H groups in total. The van der Waals surface area contributed by atoms with Crippen LogP contribution in [0.2, 0.25) is 10.0 Å². The fraction of sp³-hybridized carbons (Fsp3) is 0.364. The van der Waals surface area contributed by atoms with Gasteiger partial charge in [0.2, 0.25) is 0 Å². The van der Waals surface area contributed by atoms with Crippen molar-refractivity contribution in [3.05, 3.63) is 33.8 Å². The maximum absolute atomic E-state index is 8.95. The second-order valence-corrected chi connectivity index (χ2v) is 4.33. The predicted molar refractivity (Wildman–Crippen MR) is 58.9 cm³/mol. The zero-order chi connectivity index (χ0) is 10.8. The van der Waals surface area contributed by atoms with Crippen LogP contribution in [0.4, 0.5) is 0 Å². The number of ether oxygens (including phenoxy) is 1. The Hall–Kier alpha value is -0.750. The monoisotopic (exact) mass is 241 g/mol. The van der Waals surface area contributed by atoms with Crippen LogP contribution < -0.4 is 0 Å². The Morgan fingerprint density at radius 2 is 2.20 bits per heavy atom. The molecule has 78 valence electrons. The summed E-state index contributed by atoms with van der Waals surface area (Å²) in [6.45, 7) is 0.603. The van der Waals surface area contributed by atoms with Crippen molar-refractivity contribution in [1.82, 2.24) is 0 Å². The predicted octanol–water partition coefficient (Wildman–Crippen LogP) is 3.59. The number of rotatable bonds is 1. The second kappa shape index (κ2) is 4.40. The molecule has 0 saturated carbocycles. The maximum Gasteiger partial charge on any atom is 0.0998 e. The van der Waals surface area contributed by atoms with E-state index in [2.05, 4.69) is 6.07 Å². The molecule has 2 rings (SSSR count). The fourth-order valence-electron chi connectivity index (χ4n) is 1.76. The molecule has 1 heterocycles. The van der Waals surface area contributed by atoms with Crippen LogP contribution in [0.15, 0.2) is 18.2 Å². The number of benzene rings is 1.